The highest BCUT2D eigenvalue weighted by atomic mass is 19.3. The smallest absolute Gasteiger partial charge is 0.270 e. The number of halogens is 3. The van der Waals surface area contributed by atoms with Gasteiger partial charge in [0.1, 0.15) is 5.82 Å². The molecule has 1 aromatic heterocycles. The van der Waals surface area contributed by atoms with E-state index < -0.39 is 17.9 Å². The van der Waals surface area contributed by atoms with E-state index in [1.54, 1.807) is 36.4 Å². The van der Waals surface area contributed by atoms with E-state index in [4.69, 9.17) is 0 Å². The number of aryl methyl sites for hydroxylation is 2. The quantitative estimate of drug-likeness (QED) is 0.722. The second-order valence-corrected chi connectivity index (χ2v) is 5.77. The Bertz CT molecular complexity index is 976. The molecule has 0 aliphatic carbocycles. The van der Waals surface area contributed by atoms with Crippen molar-refractivity contribution >= 4 is 0 Å². The summed E-state index contributed by atoms with van der Waals surface area (Å²) in [6.07, 6.45) is -2.86. The van der Waals surface area contributed by atoms with Crippen LogP contribution in [0.25, 0.3) is 11.1 Å². The second kappa shape index (κ2) is 6.58. The first-order valence-corrected chi connectivity index (χ1v) is 7.65. The molecule has 7 heteroatoms. The molecule has 0 atom stereocenters. The third-order valence-corrected chi connectivity index (χ3v) is 4.09. The van der Waals surface area contributed by atoms with Gasteiger partial charge < -0.3 is 0 Å². The zero-order chi connectivity index (χ0) is 18.1. The highest BCUT2D eigenvalue weighted by Crippen LogP contribution is 2.26. The van der Waals surface area contributed by atoms with Gasteiger partial charge in [0.15, 0.2) is 0 Å². The maximum Gasteiger partial charge on any atom is 0.346 e. The van der Waals surface area contributed by atoms with Gasteiger partial charge >= 0.3 is 5.69 Å². The second-order valence-electron chi connectivity index (χ2n) is 5.77. The van der Waals surface area contributed by atoms with Gasteiger partial charge in [-0.25, -0.2) is 22.6 Å². The SMILES string of the molecule is Cc1ccc(-c2ccccc2F)cc1Cn1c(C(F)F)nn(C)c1=O. The third kappa shape index (κ3) is 3.22. The molecule has 25 heavy (non-hydrogen) atoms. The molecule has 0 unspecified atom stereocenters. The molecule has 1 heterocycles. The summed E-state index contributed by atoms with van der Waals surface area (Å²) < 4.78 is 42.1. The highest BCUT2D eigenvalue weighted by molar-refractivity contribution is 5.65. The van der Waals surface area contributed by atoms with Crippen LogP contribution in [-0.4, -0.2) is 14.3 Å². The Morgan fingerprint density at radius 1 is 1.16 bits per heavy atom. The van der Waals surface area contributed by atoms with Crippen LogP contribution in [-0.2, 0) is 13.6 Å². The van der Waals surface area contributed by atoms with Crippen LogP contribution in [0.3, 0.4) is 0 Å². The van der Waals surface area contributed by atoms with Crippen LogP contribution in [0.5, 0.6) is 0 Å². The van der Waals surface area contributed by atoms with Crippen molar-refractivity contribution < 1.29 is 13.2 Å². The molecule has 3 rings (SSSR count). The van der Waals surface area contributed by atoms with Crippen molar-refractivity contribution in [2.75, 3.05) is 0 Å². The fourth-order valence-corrected chi connectivity index (χ4v) is 2.71. The van der Waals surface area contributed by atoms with E-state index in [1.807, 2.05) is 6.92 Å². The molecule has 0 saturated heterocycles. The molecule has 4 nitrogen and oxygen atoms in total. The minimum Gasteiger partial charge on any atom is -0.270 e. The minimum absolute atomic E-state index is 0.0551. The van der Waals surface area contributed by atoms with Crippen molar-refractivity contribution in [2.24, 2.45) is 7.05 Å². The van der Waals surface area contributed by atoms with E-state index >= 15 is 0 Å². The Hall–Kier alpha value is -2.83. The van der Waals surface area contributed by atoms with Crippen LogP contribution in [0.2, 0.25) is 0 Å². The highest BCUT2D eigenvalue weighted by Gasteiger charge is 2.20. The molecule has 130 valence electrons. The molecule has 0 N–H and O–H groups in total. The Balaban J connectivity index is 2.07. The monoisotopic (exact) mass is 347 g/mol. The molecule has 0 radical (unpaired) electrons. The van der Waals surface area contributed by atoms with Crippen LogP contribution in [0, 0.1) is 12.7 Å². The van der Waals surface area contributed by atoms with Crippen molar-refractivity contribution in [1.29, 1.82) is 0 Å². The van der Waals surface area contributed by atoms with Gasteiger partial charge in [0.25, 0.3) is 6.43 Å². The average Bonchev–Trinajstić information content (AvgIpc) is 2.86. The average molecular weight is 347 g/mol. The molecule has 3 aromatic rings. The van der Waals surface area contributed by atoms with E-state index in [9.17, 15) is 18.0 Å². The molecule has 0 aliphatic heterocycles. The van der Waals surface area contributed by atoms with Gasteiger partial charge in [-0.05, 0) is 35.7 Å². The molecule has 0 spiro atoms. The summed E-state index contributed by atoms with van der Waals surface area (Å²) >= 11 is 0. The van der Waals surface area contributed by atoms with Crippen molar-refractivity contribution in [3.8, 4) is 11.1 Å². The van der Waals surface area contributed by atoms with Crippen LogP contribution in [0.15, 0.2) is 47.3 Å². The summed E-state index contributed by atoms with van der Waals surface area (Å²) in [5.74, 6) is -0.952. The van der Waals surface area contributed by atoms with Gasteiger partial charge in [0.2, 0.25) is 5.82 Å². The minimum atomic E-state index is -2.86. The molecule has 0 aliphatic rings. The number of hydrogen-bond acceptors (Lipinski definition) is 2. The van der Waals surface area contributed by atoms with Crippen LogP contribution in [0.1, 0.15) is 23.4 Å². The number of alkyl halides is 2. The number of nitrogens with zero attached hydrogens (tertiary/aromatic N) is 3. The predicted octanol–water partition coefficient (Wildman–Crippen LogP) is 3.68. The first kappa shape index (κ1) is 17.0. The Morgan fingerprint density at radius 2 is 1.88 bits per heavy atom. The lowest BCUT2D eigenvalue weighted by molar-refractivity contribution is 0.134. The molecular formula is C18H16F3N3O. The zero-order valence-corrected chi connectivity index (χ0v) is 13.7. The zero-order valence-electron chi connectivity index (χ0n) is 13.7. The van der Waals surface area contributed by atoms with E-state index in [0.29, 0.717) is 16.7 Å². The summed E-state index contributed by atoms with van der Waals surface area (Å²) in [6, 6.07) is 11.6. The van der Waals surface area contributed by atoms with E-state index in [-0.39, 0.29) is 12.4 Å². The lowest BCUT2D eigenvalue weighted by Crippen LogP contribution is -2.24. The maximum atomic E-state index is 14.0. The normalized spacial score (nSPS) is 11.3. The molecule has 0 saturated carbocycles. The van der Waals surface area contributed by atoms with Gasteiger partial charge in [-0.2, -0.15) is 0 Å². The first-order valence-electron chi connectivity index (χ1n) is 7.65. The number of rotatable bonds is 4. The summed E-state index contributed by atoms with van der Waals surface area (Å²) in [5.41, 5.74) is 1.88. The predicted molar refractivity (Wildman–Crippen MR) is 88.1 cm³/mol. The van der Waals surface area contributed by atoms with Crippen LogP contribution in [0.4, 0.5) is 13.2 Å². The van der Waals surface area contributed by atoms with Crippen molar-refractivity contribution in [1.82, 2.24) is 14.3 Å². The topological polar surface area (TPSA) is 39.8 Å². The lowest BCUT2D eigenvalue weighted by Gasteiger charge is -2.11. The third-order valence-electron chi connectivity index (χ3n) is 4.09. The van der Waals surface area contributed by atoms with E-state index in [0.717, 1.165) is 14.8 Å². The molecular weight excluding hydrogens is 331 g/mol. The standard InChI is InChI=1S/C18H16F3N3O/c1-11-7-8-12(14-5-3-4-6-15(14)19)9-13(11)10-24-17(16(20)21)22-23(2)18(24)25/h3-9,16H,10H2,1-2H3. The van der Waals surface area contributed by atoms with E-state index in [2.05, 4.69) is 5.10 Å². The summed E-state index contributed by atoms with van der Waals surface area (Å²) in [5, 5.41) is 3.59. The fraction of sp³-hybridized carbons (Fsp3) is 0.222. The fourth-order valence-electron chi connectivity index (χ4n) is 2.71. The lowest BCUT2D eigenvalue weighted by atomic mass is 9.99. The van der Waals surface area contributed by atoms with Crippen molar-refractivity contribution in [3.05, 3.63) is 75.7 Å². The van der Waals surface area contributed by atoms with Crippen LogP contribution >= 0.6 is 0 Å². The van der Waals surface area contributed by atoms with Crippen LogP contribution < -0.4 is 5.69 Å². The first-order chi connectivity index (χ1) is 11.9. The van der Waals surface area contributed by atoms with E-state index in [1.165, 1.54) is 13.1 Å². The van der Waals surface area contributed by atoms with Gasteiger partial charge in [-0.3, -0.25) is 4.57 Å². The van der Waals surface area contributed by atoms with Gasteiger partial charge in [0, 0.05) is 12.6 Å². The van der Waals surface area contributed by atoms with Gasteiger partial charge in [-0.1, -0.05) is 30.3 Å². The summed E-state index contributed by atoms with van der Waals surface area (Å²) in [4.78, 5) is 12.1. The Morgan fingerprint density at radius 3 is 2.56 bits per heavy atom. The van der Waals surface area contributed by atoms with Gasteiger partial charge in [0.05, 0.1) is 6.54 Å². The summed E-state index contributed by atoms with van der Waals surface area (Å²) in [7, 11) is 1.33. The molecule has 0 amide bonds. The summed E-state index contributed by atoms with van der Waals surface area (Å²) in [6.45, 7) is 1.75. The Kier molecular flexibility index (Phi) is 4.48. The molecule has 0 bridgehead atoms. The maximum absolute atomic E-state index is 14.0. The van der Waals surface area contributed by atoms with Crippen molar-refractivity contribution in [3.63, 3.8) is 0 Å². The number of aromatic nitrogens is 3. The molecule has 0 fully saturated rings. The Labute approximate surface area is 142 Å². The van der Waals surface area contributed by atoms with Crippen molar-refractivity contribution in [2.45, 2.75) is 19.9 Å². The number of hydrogen-bond donors (Lipinski definition) is 0. The number of benzene rings is 2. The molecule has 2 aromatic carbocycles. The largest absolute Gasteiger partial charge is 0.346 e. The van der Waals surface area contributed by atoms with Gasteiger partial charge in [-0.15, -0.1) is 5.10 Å².